The van der Waals surface area contributed by atoms with Gasteiger partial charge in [0.05, 0.1) is 11.7 Å². The second-order valence-electron chi connectivity index (χ2n) is 6.14. The Morgan fingerprint density at radius 3 is 2.24 bits per heavy atom. The number of aliphatic hydroxyl groups is 1. The van der Waals surface area contributed by atoms with E-state index in [1.54, 1.807) is 29.6 Å². The third-order valence-corrected chi connectivity index (χ3v) is 5.43. The first-order valence-electron chi connectivity index (χ1n) is 8.46. The Balaban J connectivity index is 2.12. The molecule has 1 aromatic heterocycles. The van der Waals surface area contributed by atoms with Gasteiger partial charge in [0.15, 0.2) is 0 Å². The zero-order chi connectivity index (χ0) is 21.6. The normalized spacial score (nSPS) is 13.9. The number of hydrogen-bond acceptors (Lipinski definition) is 5. The molecule has 0 radical (unpaired) electrons. The van der Waals surface area contributed by atoms with Crippen LogP contribution in [0.4, 0.5) is 13.2 Å². The van der Waals surface area contributed by atoms with E-state index in [4.69, 9.17) is 0 Å². The summed E-state index contributed by atoms with van der Waals surface area (Å²) in [6.07, 6.45) is -3.33. The molecule has 2 aromatic rings. The van der Waals surface area contributed by atoms with E-state index >= 15 is 0 Å². The molecule has 0 aliphatic carbocycles. The fraction of sp³-hybridized carbons (Fsp3) is 0.333. The molecule has 158 valence electrons. The molecule has 1 amide bonds. The van der Waals surface area contributed by atoms with Gasteiger partial charge in [0.2, 0.25) is 10.0 Å². The number of nitrogens with zero attached hydrogens (tertiary/aromatic N) is 1. The van der Waals surface area contributed by atoms with Crippen LogP contribution in [-0.2, 0) is 20.6 Å². The van der Waals surface area contributed by atoms with E-state index in [1.807, 2.05) is 0 Å². The standard InChI is InChI=1S/C18H20F3N3O4S/c1-22-29(27,28)10-14-7-6-13(9-23-14)11-2-4-12(5-3-11)16(25)15(8-19)24-18(26)17(20)21/h2-7,9,15-17,22,25H,8,10H2,1H3,(H,24,26)/t15-,16-/m1/s1. The van der Waals surface area contributed by atoms with Gasteiger partial charge in [0.25, 0.3) is 5.91 Å². The van der Waals surface area contributed by atoms with Crippen molar-refractivity contribution in [3.05, 3.63) is 53.9 Å². The maximum Gasteiger partial charge on any atom is 0.315 e. The summed E-state index contributed by atoms with van der Waals surface area (Å²) in [5.74, 6) is -1.92. The Hall–Kier alpha value is -2.50. The van der Waals surface area contributed by atoms with Crippen LogP contribution in [0.1, 0.15) is 17.4 Å². The van der Waals surface area contributed by atoms with Crippen molar-refractivity contribution in [1.82, 2.24) is 15.0 Å². The molecule has 1 heterocycles. The van der Waals surface area contributed by atoms with Crippen LogP contribution in [0, 0.1) is 0 Å². The van der Waals surface area contributed by atoms with Crippen LogP contribution < -0.4 is 10.0 Å². The monoisotopic (exact) mass is 431 g/mol. The predicted molar refractivity (Wildman–Crippen MR) is 100 cm³/mol. The quantitative estimate of drug-likeness (QED) is 0.558. The molecule has 0 aliphatic heterocycles. The molecule has 7 nitrogen and oxygen atoms in total. The number of rotatable bonds is 9. The first kappa shape index (κ1) is 22.8. The number of hydrogen-bond donors (Lipinski definition) is 3. The molecule has 11 heteroatoms. The summed E-state index contributed by atoms with van der Waals surface area (Å²) in [5.41, 5.74) is 1.95. The van der Waals surface area contributed by atoms with Crippen molar-refractivity contribution in [3.63, 3.8) is 0 Å². The highest BCUT2D eigenvalue weighted by Gasteiger charge is 2.26. The van der Waals surface area contributed by atoms with E-state index in [9.17, 15) is 31.5 Å². The third-order valence-electron chi connectivity index (χ3n) is 4.13. The lowest BCUT2D eigenvalue weighted by Gasteiger charge is -2.22. The van der Waals surface area contributed by atoms with Crippen LogP contribution in [-0.4, -0.2) is 50.6 Å². The average Bonchev–Trinajstić information content (AvgIpc) is 2.71. The van der Waals surface area contributed by atoms with Gasteiger partial charge in [-0.2, -0.15) is 8.78 Å². The number of carbonyl (C=O) groups is 1. The van der Waals surface area contributed by atoms with E-state index < -0.39 is 41.2 Å². The predicted octanol–water partition coefficient (Wildman–Crippen LogP) is 1.55. The molecule has 29 heavy (non-hydrogen) atoms. The average molecular weight is 431 g/mol. The van der Waals surface area contributed by atoms with Crippen molar-refractivity contribution >= 4 is 15.9 Å². The van der Waals surface area contributed by atoms with Gasteiger partial charge in [0, 0.05) is 11.8 Å². The summed E-state index contributed by atoms with van der Waals surface area (Å²) < 4.78 is 63.0. The molecule has 2 rings (SSSR count). The molecule has 3 N–H and O–H groups in total. The minimum Gasteiger partial charge on any atom is -0.386 e. The summed E-state index contributed by atoms with van der Waals surface area (Å²) in [6, 6.07) is 7.87. The summed E-state index contributed by atoms with van der Waals surface area (Å²) in [4.78, 5) is 15.1. The molecule has 0 aliphatic rings. The molecule has 0 bridgehead atoms. The van der Waals surface area contributed by atoms with E-state index in [0.717, 1.165) is 0 Å². The van der Waals surface area contributed by atoms with E-state index in [-0.39, 0.29) is 11.3 Å². The molecular weight excluding hydrogens is 411 g/mol. The van der Waals surface area contributed by atoms with Crippen molar-refractivity contribution < 1.29 is 31.5 Å². The second kappa shape index (κ2) is 9.81. The largest absolute Gasteiger partial charge is 0.386 e. The van der Waals surface area contributed by atoms with Crippen molar-refractivity contribution in [2.45, 2.75) is 24.3 Å². The highest BCUT2D eigenvalue weighted by Crippen LogP contribution is 2.24. The minimum atomic E-state index is -3.44. The number of alkyl halides is 3. The maximum atomic E-state index is 13.1. The van der Waals surface area contributed by atoms with Gasteiger partial charge in [0.1, 0.15) is 18.5 Å². The first-order chi connectivity index (χ1) is 13.7. The number of aliphatic hydroxyl groups excluding tert-OH is 1. The van der Waals surface area contributed by atoms with Gasteiger partial charge in [-0.25, -0.2) is 17.5 Å². The van der Waals surface area contributed by atoms with Crippen molar-refractivity contribution in [2.75, 3.05) is 13.7 Å². The van der Waals surface area contributed by atoms with Crippen LogP contribution in [0.2, 0.25) is 0 Å². The van der Waals surface area contributed by atoms with E-state index in [0.29, 0.717) is 16.8 Å². The summed E-state index contributed by atoms with van der Waals surface area (Å²) >= 11 is 0. The van der Waals surface area contributed by atoms with E-state index in [2.05, 4.69) is 9.71 Å². The molecule has 2 atom stereocenters. The molecule has 0 fully saturated rings. The third kappa shape index (κ3) is 6.24. The van der Waals surface area contributed by atoms with Gasteiger partial charge >= 0.3 is 6.43 Å². The number of amides is 1. The lowest BCUT2D eigenvalue weighted by atomic mass is 9.99. The topological polar surface area (TPSA) is 108 Å². The second-order valence-corrected chi connectivity index (χ2v) is 8.06. The molecular formula is C18H20F3N3O4S. The van der Waals surface area contributed by atoms with Gasteiger partial charge < -0.3 is 10.4 Å². The maximum absolute atomic E-state index is 13.1. The van der Waals surface area contributed by atoms with Crippen molar-refractivity contribution in [2.24, 2.45) is 0 Å². The number of benzene rings is 1. The Morgan fingerprint density at radius 1 is 1.14 bits per heavy atom. The summed E-state index contributed by atoms with van der Waals surface area (Å²) in [7, 11) is -2.13. The van der Waals surface area contributed by atoms with Crippen LogP contribution in [0.5, 0.6) is 0 Å². The summed E-state index contributed by atoms with van der Waals surface area (Å²) in [5, 5.41) is 11.9. The number of nitrogens with one attached hydrogen (secondary N) is 2. The van der Waals surface area contributed by atoms with Crippen LogP contribution in [0.3, 0.4) is 0 Å². The van der Waals surface area contributed by atoms with E-state index in [1.165, 1.54) is 25.4 Å². The lowest BCUT2D eigenvalue weighted by Crippen LogP contribution is -2.43. The number of aromatic nitrogens is 1. The zero-order valence-electron chi connectivity index (χ0n) is 15.3. The smallest absolute Gasteiger partial charge is 0.315 e. The number of carbonyl (C=O) groups excluding carboxylic acids is 1. The number of halogens is 3. The number of sulfonamides is 1. The molecule has 0 spiro atoms. The summed E-state index contributed by atoms with van der Waals surface area (Å²) in [6.45, 7) is -1.22. The Labute approximate surface area is 166 Å². The molecule has 1 aromatic carbocycles. The molecule has 0 saturated carbocycles. The van der Waals surface area contributed by atoms with Gasteiger partial charge in [-0.1, -0.05) is 30.3 Å². The Morgan fingerprint density at radius 2 is 1.76 bits per heavy atom. The highest BCUT2D eigenvalue weighted by atomic mass is 32.2. The Kier molecular flexibility index (Phi) is 7.71. The zero-order valence-corrected chi connectivity index (χ0v) is 16.2. The van der Waals surface area contributed by atoms with Crippen LogP contribution in [0.25, 0.3) is 11.1 Å². The Bertz CT molecular complexity index is 922. The fourth-order valence-corrected chi connectivity index (χ4v) is 3.20. The molecule has 0 saturated heterocycles. The minimum absolute atomic E-state index is 0.232. The molecule has 0 unspecified atom stereocenters. The van der Waals surface area contributed by atoms with Gasteiger partial charge in [-0.3, -0.25) is 9.78 Å². The highest BCUT2D eigenvalue weighted by molar-refractivity contribution is 7.88. The first-order valence-corrected chi connectivity index (χ1v) is 10.1. The van der Waals surface area contributed by atoms with Crippen LogP contribution >= 0.6 is 0 Å². The van der Waals surface area contributed by atoms with Crippen molar-refractivity contribution in [3.8, 4) is 11.1 Å². The lowest BCUT2D eigenvalue weighted by molar-refractivity contribution is -0.133. The van der Waals surface area contributed by atoms with Crippen molar-refractivity contribution in [1.29, 1.82) is 0 Å². The van der Waals surface area contributed by atoms with Gasteiger partial charge in [-0.15, -0.1) is 0 Å². The fourth-order valence-electron chi connectivity index (χ4n) is 2.50. The number of pyridine rings is 1. The SMILES string of the molecule is CNS(=O)(=O)Cc1ccc(-c2ccc([C@@H](O)[C@@H](CF)NC(=O)C(F)F)cc2)cn1. The van der Waals surface area contributed by atoms with Crippen LogP contribution in [0.15, 0.2) is 42.6 Å². The van der Waals surface area contributed by atoms with Gasteiger partial charge in [-0.05, 0) is 24.2 Å².